The van der Waals surface area contributed by atoms with Crippen molar-refractivity contribution in [3.05, 3.63) is 29.3 Å². The normalized spacial score (nSPS) is 15.7. The molecule has 1 aromatic rings. The Kier molecular flexibility index (Phi) is 5.19. The number of nitrogens with one attached hydrogen (secondary N) is 1. The van der Waals surface area contributed by atoms with Crippen molar-refractivity contribution in [3.63, 3.8) is 0 Å². The molecule has 5 nitrogen and oxygen atoms in total. The van der Waals surface area contributed by atoms with Crippen molar-refractivity contribution < 1.29 is 14.7 Å². The second-order valence-electron chi connectivity index (χ2n) is 6.29. The molecular formula is C17H24N2O3. The van der Waals surface area contributed by atoms with Crippen molar-refractivity contribution in [2.45, 2.75) is 39.2 Å². The maximum Gasteiger partial charge on any atom is 0.251 e. The van der Waals surface area contributed by atoms with Crippen LogP contribution in [0.5, 0.6) is 0 Å². The maximum atomic E-state index is 12.2. The molecular weight excluding hydrogens is 280 g/mol. The molecule has 0 aromatic heterocycles. The van der Waals surface area contributed by atoms with E-state index in [9.17, 15) is 14.7 Å². The molecule has 1 aromatic carbocycles. The van der Waals surface area contributed by atoms with Crippen molar-refractivity contribution in [1.29, 1.82) is 0 Å². The molecule has 1 atom stereocenters. The third-order valence-electron chi connectivity index (χ3n) is 3.93. The Morgan fingerprint density at radius 2 is 2.09 bits per heavy atom. The highest BCUT2D eigenvalue weighted by atomic mass is 16.3. The highest BCUT2D eigenvalue weighted by Crippen LogP contribution is 2.27. The van der Waals surface area contributed by atoms with Gasteiger partial charge < -0.3 is 15.3 Å². The zero-order valence-corrected chi connectivity index (χ0v) is 13.4. The van der Waals surface area contributed by atoms with Crippen LogP contribution in [0.2, 0.25) is 0 Å². The summed E-state index contributed by atoms with van der Waals surface area (Å²) in [6, 6.07) is 5.37. The molecule has 22 heavy (non-hydrogen) atoms. The van der Waals surface area contributed by atoms with E-state index >= 15 is 0 Å². The van der Waals surface area contributed by atoms with Gasteiger partial charge in [0, 0.05) is 31.3 Å². The fourth-order valence-corrected chi connectivity index (χ4v) is 2.74. The van der Waals surface area contributed by atoms with Crippen LogP contribution in [0.1, 0.15) is 42.6 Å². The highest BCUT2D eigenvalue weighted by molar-refractivity contribution is 5.98. The molecule has 1 heterocycles. The van der Waals surface area contributed by atoms with Crippen LogP contribution in [0, 0.1) is 5.92 Å². The van der Waals surface area contributed by atoms with Crippen molar-refractivity contribution in [1.82, 2.24) is 5.32 Å². The van der Waals surface area contributed by atoms with E-state index in [-0.39, 0.29) is 18.4 Å². The first-order valence-corrected chi connectivity index (χ1v) is 7.74. The fourth-order valence-electron chi connectivity index (χ4n) is 2.74. The Bertz CT molecular complexity index is 569. The molecule has 1 unspecified atom stereocenters. The van der Waals surface area contributed by atoms with E-state index in [0.29, 0.717) is 30.7 Å². The topological polar surface area (TPSA) is 69.6 Å². The van der Waals surface area contributed by atoms with Crippen molar-refractivity contribution in [2.75, 3.05) is 18.5 Å². The highest BCUT2D eigenvalue weighted by Gasteiger charge is 2.21. The number of aliphatic hydroxyl groups excluding tert-OH is 1. The Morgan fingerprint density at radius 3 is 2.77 bits per heavy atom. The lowest BCUT2D eigenvalue weighted by molar-refractivity contribution is -0.118. The third-order valence-corrected chi connectivity index (χ3v) is 3.93. The molecule has 0 radical (unpaired) electrons. The molecule has 0 spiro atoms. The van der Waals surface area contributed by atoms with Gasteiger partial charge in [0.25, 0.3) is 5.91 Å². The van der Waals surface area contributed by atoms with Gasteiger partial charge in [-0.25, -0.2) is 0 Å². The number of amides is 2. The van der Waals surface area contributed by atoms with Crippen LogP contribution >= 0.6 is 0 Å². The second-order valence-corrected chi connectivity index (χ2v) is 6.29. The van der Waals surface area contributed by atoms with Gasteiger partial charge in [0.1, 0.15) is 0 Å². The largest absolute Gasteiger partial charge is 0.391 e. The summed E-state index contributed by atoms with van der Waals surface area (Å²) in [6.07, 6.45) is 1.28. The number of nitrogens with zero attached hydrogens (tertiary/aromatic N) is 1. The van der Waals surface area contributed by atoms with Gasteiger partial charge in [0.05, 0.1) is 6.10 Å². The number of carbonyl (C=O) groups excluding carboxylic acids is 2. The van der Waals surface area contributed by atoms with E-state index < -0.39 is 6.10 Å². The number of hydrogen-bond acceptors (Lipinski definition) is 3. The zero-order valence-electron chi connectivity index (χ0n) is 13.4. The van der Waals surface area contributed by atoms with E-state index in [1.165, 1.54) is 0 Å². The molecule has 2 rings (SSSR count). The lowest BCUT2D eigenvalue weighted by Crippen LogP contribution is -2.33. The first kappa shape index (κ1) is 16.5. The van der Waals surface area contributed by atoms with Crippen LogP contribution in [0.25, 0.3) is 0 Å². The van der Waals surface area contributed by atoms with E-state index in [4.69, 9.17) is 0 Å². The minimum atomic E-state index is -0.523. The van der Waals surface area contributed by atoms with Gasteiger partial charge in [-0.1, -0.05) is 13.8 Å². The van der Waals surface area contributed by atoms with E-state index in [0.717, 1.165) is 11.3 Å². The summed E-state index contributed by atoms with van der Waals surface area (Å²) in [5, 5.41) is 12.6. The Hall–Kier alpha value is -1.88. The SMILES string of the molecule is CC(C)CC(O)CNC(=O)c1ccc2c(c1)CCC(=O)N2C. The summed E-state index contributed by atoms with van der Waals surface area (Å²) in [5.41, 5.74) is 2.45. The molecule has 2 N–H and O–H groups in total. The lowest BCUT2D eigenvalue weighted by atomic mass is 9.99. The van der Waals surface area contributed by atoms with Crippen LogP contribution in [0.15, 0.2) is 18.2 Å². The molecule has 0 bridgehead atoms. The van der Waals surface area contributed by atoms with Gasteiger partial charge in [0.2, 0.25) is 5.91 Å². The summed E-state index contributed by atoms with van der Waals surface area (Å²) in [5.74, 6) is 0.301. The number of carbonyl (C=O) groups is 2. The standard InChI is InChI=1S/C17H24N2O3/c1-11(2)8-14(20)10-18-17(22)13-4-6-15-12(9-13)5-7-16(21)19(15)3/h4,6,9,11,14,20H,5,7-8,10H2,1-3H3,(H,18,22). The maximum absolute atomic E-state index is 12.2. The van der Waals surface area contributed by atoms with Gasteiger partial charge >= 0.3 is 0 Å². The first-order valence-electron chi connectivity index (χ1n) is 7.74. The smallest absolute Gasteiger partial charge is 0.251 e. The Labute approximate surface area is 131 Å². The van der Waals surface area contributed by atoms with Crippen LogP contribution in [-0.4, -0.2) is 36.6 Å². The number of aryl methyl sites for hydroxylation is 1. The fraction of sp³-hybridized carbons (Fsp3) is 0.529. The van der Waals surface area contributed by atoms with Gasteiger partial charge in [0.15, 0.2) is 0 Å². The van der Waals surface area contributed by atoms with Crippen LogP contribution in [-0.2, 0) is 11.2 Å². The number of aliphatic hydroxyl groups is 1. The first-order chi connectivity index (χ1) is 10.4. The zero-order chi connectivity index (χ0) is 16.3. The predicted octanol–water partition coefficient (Wildman–Crippen LogP) is 1.73. The number of rotatable bonds is 5. The van der Waals surface area contributed by atoms with Gasteiger partial charge in [-0.15, -0.1) is 0 Å². The Morgan fingerprint density at radius 1 is 1.36 bits per heavy atom. The average Bonchev–Trinajstić information content (AvgIpc) is 2.47. The number of fused-ring (bicyclic) bond motifs is 1. The molecule has 1 aliphatic heterocycles. The summed E-state index contributed by atoms with van der Waals surface area (Å²) < 4.78 is 0. The van der Waals surface area contributed by atoms with Crippen LogP contribution < -0.4 is 10.2 Å². The van der Waals surface area contributed by atoms with E-state index in [1.54, 1.807) is 18.0 Å². The summed E-state index contributed by atoms with van der Waals surface area (Å²) in [6.45, 7) is 4.32. The lowest BCUT2D eigenvalue weighted by Gasteiger charge is -2.26. The molecule has 0 saturated heterocycles. The predicted molar refractivity (Wildman–Crippen MR) is 86.0 cm³/mol. The second kappa shape index (κ2) is 6.92. The van der Waals surface area contributed by atoms with E-state index in [1.807, 2.05) is 26.0 Å². The van der Waals surface area contributed by atoms with Gasteiger partial charge in [-0.2, -0.15) is 0 Å². The molecule has 120 valence electrons. The number of anilines is 1. The molecule has 5 heteroatoms. The van der Waals surface area contributed by atoms with Crippen LogP contribution in [0.3, 0.4) is 0 Å². The summed E-state index contributed by atoms with van der Waals surface area (Å²) >= 11 is 0. The van der Waals surface area contributed by atoms with E-state index in [2.05, 4.69) is 5.32 Å². The minimum absolute atomic E-state index is 0.0986. The quantitative estimate of drug-likeness (QED) is 0.870. The Balaban J connectivity index is 2.01. The van der Waals surface area contributed by atoms with Crippen molar-refractivity contribution in [2.24, 2.45) is 5.92 Å². The molecule has 0 fully saturated rings. The minimum Gasteiger partial charge on any atom is -0.391 e. The summed E-state index contributed by atoms with van der Waals surface area (Å²) in [7, 11) is 1.75. The number of hydrogen-bond donors (Lipinski definition) is 2. The average molecular weight is 304 g/mol. The van der Waals surface area contributed by atoms with Crippen molar-refractivity contribution >= 4 is 17.5 Å². The van der Waals surface area contributed by atoms with Crippen molar-refractivity contribution in [3.8, 4) is 0 Å². The van der Waals surface area contributed by atoms with Crippen LogP contribution in [0.4, 0.5) is 5.69 Å². The summed E-state index contributed by atoms with van der Waals surface area (Å²) in [4.78, 5) is 25.5. The van der Waals surface area contributed by atoms with Gasteiger partial charge in [-0.05, 0) is 42.5 Å². The monoisotopic (exact) mass is 304 g/mol. The molecule has 1 aliphatic rings. The molecule has 2 amide bonds. The third kappa shape index (κ3) is 3.85. The number of benzene rings is 1. The molecule has 0 saturated carbocycles. The molecule has 0 aliphatic carbocycles. The van der Waals surface area contributed by atoms with Gasteiger partial charge in [-0.3, -0.25) is 9.59 Å².